The molecule has 1 aromatic carbocycles. The maximum atomic E-state index is 14.1. The second kappa shape index (κ2) is 19.0. The van der Waals surface area contributed by atoms with E-state index in [0.29, 0.717) is 18.4 Å². The van der Waals surface area contributed by atoms with Crippen LogP contribution in [0.2, 0.25) is 0 Å². The van der Waals surface area contributed by atoms with Gasteiger partial charge in [-0.2, -0.15) is 0 Å². The van der Waals surface area contributed by atoms with Crippen LogP contribution in [0.1, 0.15) is 66.9 Å². The monoisotopic (exact) mass is 662 g/mol. The quantitative estimate of drug-likeness (QED) is 0.353. The van der Waals surface area contributed by atoms with Gasteiger partial charge < -0.3 is 34.6 Å². The predicted molar refractivity (Wildman–Crippen MR) is 176 cm³/mol. The molecule has 0 aliphatic carbocycles. The largest absolute Gasteiger partial charge is 0.451 e. The average molecular weight is 663 g/mol. The molecule has 13 heteroatoms. The summed E-state index contributed by atoms with van der Waals surface area (Å²) < 4.78 is 16.9. The van der Waals surface area contributed by atoms with Crippen LogP contribution < -0.4 is 5.73 Å². The summed E-state index contributed by atoms with van der Waals surface area (Å²) in [7, 11) is 5.71. The Balaban J connectivity index is 0.00000541. The molecular formula is C34H54N4O9. The Morgan fingerprint density at radius 2 is 1.04 bits per heavy atom. The third-order valence-corrected chi connectivity index (χ3v) is 8.73. The van der Waals surface area contributed by atoms with Gasteiger partial charge in [0, 0.05) is 27.6 Å². The Morgan fingerprint density at radius 1 is 0.638 bits per heavy atom. The van der Waals surface area contributed by atoms with E-state index in [1.807, 2.05) is 19.9 Å². The van der Waals surface area contributed by atoms with Gasteiger partial charge in [0.05, 0.1) is 0 Å². The maximum absolute atomic E-state index is 14.1. The third-order valence-electron chi connectivity index (χ3n) is 8.73. The number of likely N-dealkylation sites (N-methyl/N-ethyl adjacent to an activating group) is 3. The predicted octanol–water partition coefficient (Wildman–Crippen LogP) is 2.19. The summed E-state index contributed by atoms with van der Waals surface area (Å²) in [6.07, 6.45) is -2.95. The number of rotatable bonds is 6. The van der Waals surface area contributed by atoms with E-state index in [9.17, 15) is 28.8 Å². The van der Waals surface area contributed by atoms with E-state index in [-0.39, 0.29) is 6.42 Å². The smallest absolute Gasteiger partial charge is 0.329 e. The molecule has 47 heavy (non-hydrogen) atoms. The lowest BCUT2D eigenvalue weighted by Crippen LogP contribution is -2.56. The molecule has 1 aromatic rings. The molecule has 0 saturated carbocycles. The average Bonchev–Trinajstić information content (AvgIpc) is 3.06. The van der Waals surface area contributed by atoms with Gasteiger partial charge in [-0.3, -0.25) is 14.4 Å². The van der Waals surface area contributed by atoms with E-state index in [1.165, 1.54) is 58.8 Å². The van der Waals surface area contributed by atoms with Crippen molar-refractivity contribution in [3.63, 3.8) is 0 Å². The van der Waals surface area contributed by atoms with Crippen molar-refractivity contribution in [2.24, 2.45) is 17.6 Å². The van der Waals surface area contributed by atoms with Crippen LogP contribution in [0.3, 0.4) is 0 Å². The number of carbonyl (C=O) groups excluding carboxylic acids is 6. The van der Waals surface area contributed by atoms with Gasteiger partial charge in [-0.05, 0) is 45.2 Å². The zero-order valence-electron chi connectivity index (χ0n) is 29.7. The summed E-state index contributed by atoms with van der Waals surface area (Å²) in [5, 5.41) is 0. The number of cyclic esters (lactones) is 3. The minimum atomic E-state index is -1.35. The number of benzene rings is 1. The number of esters is 3. The van der Waals surface area contributed by atoms with Crippen LogP contribution in [0.15, 0.2) is 30.3 Å². The number of carbonyl (C=O) groups is 6. The summed E-state index contributed by atoms with van der Waals surface area (Å²) in [6, 6.07) is 5.62. The van der Waals surface area contributed by atoms with Crippen molar-refractivity contribution in [2.75, 3.05) is 28.2 Å². The normalized spacial score (nSPS) is 27.0. The number of amides is 3. The van der Waals surface area contributed by atoms with Crippen LogP contribution in [0.4, 0.5) is 0 Å². The third kappa shape index (κ3) is 10.5. The first-order valence-electron chi connectivity index (χ1n) is 16.1. The fraction of sp³-hybridized carbons (Fsp3) is 0.647. The van der Waals surface area contributed by atoms with Gasteiger partial charge in [-0.1, -0.05) is 70.9 Å². The van der Waals surface area contributed by atoms with Crippen molar-refractivity contribution >= 4 is 35.6 Å². The number of nitrogens with zero attached hydrogens (tertiary/aromatic N) is 3. The number of nitrogens with two attached hydrogens (primary N) is 1. The fourth-order valence-electron chi connectivity index (χ4n) is 5.25. The van der Waals surface area contributed by atoms with Crippen molar-refractivity contribution in [1.29, 1.82) is 0 Å². The van der Waals surface area contributed by atoms with Crippen molar-refractivity contribution < 1.29 is 43.0 Å². The van der Waals surface area contributed by atoms with Gasteiger partial charge in [0.2, 0.25) is 0 Å². The van der Waals surface area contributed by atoms with Gasteiger partial charge in [-0.25, -0.2) is 14.4 Å². The Morgan fingerprint density at radius 3 is 1.51 bits per heavy atom. The Bertz CT molecular complexity index is 1220. The fourth-order valence-corrected chi connectivity index (χ4v) is 5.25. The molecule has 1 fully saturated rings. The molecule has 1 saturated heterocycles. The molecule has 0 aromatic heterocycles. The van der Waals surface area contributed by atoms with Gasteiger partial charge in [0.15, 0.2) is 18.3 Å². The van der Waals surface area contributed by atoms with Crippen molar-refractivity contribution in [3.05, 3.63) is 35.9 Å². The molecule has 8 atom stereocenters. The maximum Gasteiger partial charge on any atom is 0.329 e. The first kappa shape index (κ1) is 41.0. The Kier molecular flexibility index (Phi) is 16.6. The first-order chi connectivity index (χ1) is 22.1. The van der Waals surface area contributed by atoms with E-state index in [1.54, 1.807) is 38.1 Å². The zero-order chi connectivity index (χ0) is 36.2. The second-order valence-corrected chi connectivity index (χ2v) is 12.0. The highest BCUT2D eigenvalue weighted by atomic mass is 16.6. The molecule has 2 N–H and O–H groups in total. The van der Waals surface area contributed by atoms with E-state index < -0.39 is 83.9 Å². The van der Waals surface area contributed by atoms with Crippen LogP contribution in [0.25, 0.3) is 0 Å². The molecule has 1 aliphatic rings. The number of ether oxygens (including phenoxy) is 3. The lowest BCUT2D eigenvalue weighted by molar-refractivity contribution is -0.177. The van der Waals surface area contributed by atoms with Gasteiger partial charge in [0.1, 0.15) is 18.1 Å². The summed E-state index contributed by atoms with van der Waals surface area (Å²) >= 11 is 0. The van der Waals surface area contributed by atoms with Gasteiger partial charge >= 0.3 is 17.9 Å². The topological polar surface area (TPSA) is 166 Å². The summed E-state index contributed by atoms with van der Waals surface area (Å²) in [4.78, 5) is 84.7. The molecule has 1 aliphatic heterocycles. The van der Waals surface area contributed by atoms with Crippen LogP contribution >= 0.6 is 0 Å². The van der Waals surface area contributed by atoms with Crippen LogP contribution in [0.5, 0.6) is 0 Å². The first-order valence-corrected chi connectivity index (χ1v) is 16.1. The lowest BCUT2D eigenvalue weighted by atomic mass is 9.96. The van der Waals surface area contributed by atoms with Crippen molar-refractivity contribution in [3.8, 4) is 0 Å². The summed E-state index contributed by atoms with van der Waals surface area (Å²) in [5.74, 6) is -5.23. The number of hydrogen-bond donors (Lipinski definition) is 1. The molecule has 264 valence electrons. The van der Waals surface area contributed by atoms with Gasteiger partial charge in [0.25, 0.3) is 17.7 Å². The summed E-state index contributed by atoms with van der Waals surface area (Å²) in [6.45, 7) is 11.4. The molecule has 13 nitrogen and oxygen atoms in total. The Labute approximate surface area is 279 Å². The highest BCUT2D eigenvalue weighted by molar-refractivity contribution is 5.93. The summed E-state index contributed by atoms with van der Waals surface area (Å²) in [5.41, 5.74) is 5.21. The molecule has 0 radical (unpaired) electrons. The van der Waals surface area contributed by atoms with Crippen LogP contribution in [0, 0.1) is 11.8 Å². The minimum Gasteiger partial charge on any atom is -0.451 e. The molecule has 0 spiro atoms. The van der Waals surface area contributed by atoms with E-state index in [2.05, 4.69) is 5.73 Å². The minimum absolute atomic E-state index is 0.00843. The highest BCUT2D eigenvalue weighted by Crippen LogP contribution is 2.23. The van der Waals surface area contributed by atoms with Crippen LogP contribution in [-0.2, 0) is 49.4 Å². The SMILES string of the molecule is CCC(C)[C@H]1C(=O)O[C@H](Cc2ccccc2)C(=O)N(C)[C@@H](C(C)CC)C(=O)O[C@H](C)C(=O)N(C)[C@@H](C)C(=O)O[C@H](C)C(=O)N1C.CN. The number of hydrogen-bond acceptors (Lipinski definition) is 10. The standard InChI is InChI=1S/C33H49N3O9.CH5N/c1-11-19(3)26-32(41)44-22(6)28(37)34(8)21(5)31(40)43-23(7)29(38)35(9)27(20(4)12-2)33(42)45-25(30(39)36(26)10)18-24-16-14-13-15-17-24;1-2/h13-17,19-23,25-27H,11-12,18H2,1-10H3;2H2,1H3/t19?,20?,21-,22+,23+,25+,26-,27-;/m0./s1. The van der Waals surface area contributed by atoms with E-state index >= 15 is 0 Å². The van der Waals surface area contributed by atoms with Crippen molar-refractivity contribution in [1.82, 2.24) is 14.7 Å². The molecular weight excluding hydrogens is 608 g/mol. The van der Waals surface area contributed by atoms with Crippen molar-refractivity contribution in [2.45, 2.75) is 104 Å². The molecule has 2 rings (SSSR count). The van der Waals surface area contributed by atoms with E-state index in [4.69, 9.17) is 14.2 Å². The molecule has 2 unspecified atom stereocenters. The highest BCUT2D eigenvalue weighted by Gasteiger charge is 2.42. The second-order valence-electron chi connectivity index (χ2n) is 12.0. The van der Waals surface area contributed by atoms with E-state index in [0.717, 1.165) is 4.90 Å². The molecule has 1 heterocycles. The van der Waals surface area contributed by atoms with Gasteiger partial charge in [-0.15, -0.1) is 0 Å². The van der Waals surface area contributed by atoms with Crippen LogP contribution in [-0.4, -0.2) is 115 Å². The lowest BCUT2D eigenvalue weighted by Gasteiger charge is -2.36. The molecule has 0 bridgehead atoms. The zero-order valence-corrected chi connectivity index (χ0v) is 29.7. The molecule has 3 amide bonds. The Hall–Kier alpha value is -4.00.